The molecule has 0 aliphatic rings. The molecule has 0 atom stereocenters. The van der Waals surface area contributed by atoms with E-state index in [2.05, 4.69) is 11.3 Å². The molecule has 6 nitrogen and oxygen atoms in total. The van der Waals surface area contributed by atoms with Crippen LogP contribution in [-0.4, -0.2) is 30.9 Å². The number of Topliss-reactive ketones (excluding diaryl/α,β-unsaturated/α-hetero) is 1. The number of esters is 2. The van der Waals surface area contributed by atoms with Gasteiger partial charge >= 0.3 is 11.9 Å². The number of rotatable bonds is 8. The van der Waals surface area contributed by atoms with E-state index in [0.717, 1.165) is 12.5 Å². The third-order valence-corrected chi connectivity index (χ3v) is 2.33. The minimum atomic E-state index is -0.951. The predicted molar refractivity (Wildman–Crippen MR) is 77.7 cm³/mol. The van der Waals surface area contributed by atoms with Crippen LogP contribution in [0.5, 0.6) is 0 Å². The van der Waals surface area contributed by atoms with Crippen molar-refractivity contribution in [1.29, 1.82) is 0 Å². The highest BCUT2D eigenvalue weighted by molar-refractivity contribution is 6.40. The van der Waals surface area contributed by atoms with E-state index in [1.807, 2.05) is 0 Å². The summed E-state index contributed by atoms with van der Waals surface area (Å²) in [7, 11) is 0. The maximum absolute atomic E-state index is 11.7. The molecule has 1 aromatic rings. The van der Waals surface area contributed by atoms with Gasteiger partial charge in [0.2, 0.25) is 0 Å². The summed E-state index contributed by atoms with van der Waals surface area (Å²) in [5.74, 6) is -2.24. The van der Waals surface area contributed by atoms with Crippen LogP contribution >= 0.6 is 0 Å². The normalized spacial score (nSPS) is 10.0. The second kappa shape index (κ2) is 9.12. The Labute approximate surface area is 128 Å². The molecule has 0 N–H and O–H groups in total. The van der Waals surface area contributed by atoms with Crippen molar-refractivity contribution >= 4 is 17.7 Å². The first kappa shape index (κ1) is 17.2. The van der Waals surface area contributed by atoms with E-state index in [1.165, 1.54) is 19.1 Å². The van der Waals surface area contributed by atoms with Crippen LogP contribution in [0.3, 0.4) is 0 Å². The summed E-state index contributed by atoms with van der Waals surface area (Å²) in [6.45, 7) is 4.84. The van der Waals surface area contributed by atoms with Crippen molar-refractivity contribution in [3.63, 3.8) is 0 Å². The highest BCUT2D eigenvalue weighted by Crippen LogP contribution is 2.01. The van der Waals surface area contributed by atoms with E-state index in [0.29, 0.717) is 0 Å². The average Bonchev–Trinajstić information content (AvgIpc) is 2.53. The smallest absolute Gasteiger partial charge is 0.379 e. The van der Waals surface area contributed by atoms with Crippen LogP contribution < -0.4 is 0 Å². The Kier molecular flexibility index (Phi) is 7.12. The van der Waals surface area contributed by atoms with Crippen LogP contribution in [0.2, 0.25) is 0 Å². The van der Waals surface area contributed by atoms with Crippen molar-refractivity contribution in [3.8, 4) is 0 Å². The van der Waals surface area contributed by atoms with Gasteiger partial charge in [0.1, 0.15) is 25.7 Å². The van der Waals surface area contributed by atoms with E-state index in [1.54, 1.807) is 18.2 Å². The molecule has 0 unspecified atom stereocenters. The maximum Gasteiger partial charge on any atom is 0.379 e. The molecule has 1 aromatic carbocycles. The summed E-state index contributed by atoms with van der Waals surface area (Å²) in [5.41, 5.74) is 0.526. The summed E-state index contributed by atoms with van der Waals surface area (Å²) in [6, 6.07) is 8.10. The third kappa shape index (κ3) is 6.04. The largest absolute Gasteiger partial charge is 0.494 e. The van der Waals surface area contributed by atoms with Gasteiger partial charge in [-0.2, -0.15) is 0 Å². The molecule has 0 aliphatic carbocycles. The van der Waals surface area contributed by atoms with Gasteiger partial charge in [0, 0.05) is 11.1 Å². The van der Waals surface area contributed by atoms with Gasteiger partial charge in [0.05, 0.1) is 0 Å². The number of ether oxygens (including phenoxy) is 3. The van der Waals surface area contributed by atoms with Crippen LogP contribution in [-0.2, 0) is 23.8 Å². The molecule has 0 amide bonds. The molecular weight excluding hydrogens is 288 g/mol. The Hall–Kier alpha value is -2.89. The van der Waals surface area contributed by atoms with Gasteiger partial charge in [-0.3, -0.25) is 4.79 Å². The minimum absolute atomic E-state index is 0.0227. The molecule has 22 heavy (non-hydrogen) atoms. The highest BCUT2D eigenvalue weighted by Gasteiger charge is 2.16. The molecule has 0 bridgehead atoms. The lowest BCUT2D eigenvalue weighted by molar-refractivity contribution is -0.139. The first-order valence-corrected chi connectivity index (χ1v) is 6.42. The molecule has 0 aromatic heterocycles. The van der Waals surface area contributed by atoms with Gasteiger partial charge in [-0.25, -0.2) is 9.59 Å². The Bertz CT molecular complexity index is 574. The fourth-order valence-electron chi connectivity index (χ4n) is 1.25. The SMILES string of the molecule is C=C(C)C(=O)O/C=C\OCCOC(=O)C(=O)c1ccccc1. The Balaban J connectivity index is 2.21. The third-order valence-electron chi connectivity index (χ3n) is 2.33. The zero-order valence-corrected chi connectivity index (χ0v) is 12.1. The number of benzene rings is 1. The van der Waals surface area contributed by atoms with E-state index < -0.39 is 17.7 Å². The van der Waals surface area contributed by atoms with E-state index >= 15 is 0 Å². The number of carbonyl (C=O) groups is 3. The molecule has 0 saturated heterocycles. The van der Waals surface area contributed by atoms with Gasteiger partial charge in [0.15, 0.2) is 0 Å². The Morgan fingerprint density at radius 3 is 2.36 bits per heavy atom. The lowest BCUT2D eigenvalue weighted by atomic mass is 10.1. The molecular formula is C16H16O6. The standard InChI is InChI=1S/C16H16O6/c1-12(2)15(18)21-10-8-20-9-11-22-16(19)14(17)13-6-4-3-5-7-13/h3-8,10H,1,9,11H2,2H3/b10-8-. The molecule has 0 aliphatic heterocycles. The molecule has 0 fully saturated rings. The topological polar surface area (TPSA) is 78.9 Å². The van der Waals surface area contributed by atoms with Crippen molar-refractivity contribution in [3.05, 3.63) is 60.6 Å². The Morgan fingerprint density at radius 2 is 1.73 bits per heavy atom. The van der Waals surface area contributed by atoms with Crippen LogP contribution in [0.25, 0.3) is 0 Å². The first-order chi connectivity index (χ1) is 10.5. The van der Waals surface area contributed by atoms with Gasteiger partial charge in [-0.05, 0) is 6.92 Å². The zero-order chi connectivity index (χ0) is 16.4. The summed E-state index contributed by atoms with van der Waals surface area (Å²) >= 11 is 0. The quantitative estimate of drug-likeness (QED) is 0.183. The van der Waals surface area contributed by atoms with Crippen LogP contribution in [0, 0.1) is 0 Å². The zero-order valence-electron chi connectivity index (χ0n) is 12.1. The molecule has 116 valence electrons. The molecule has 0 spiro atoms. The predicted octanol–water partition coefficient (Wildman–Crippen LogP) is 2.02. The average molecular weight is 304 g/mol. The maximum atomic E-state index is 11.7. The van der Waals surface area contributed by atoms with Crippen molar-refractivity contribution in [2.24, 2.45) is 0 Å². The number of hydrogen-bond acceptors (Lipinski definition) is 6. The van der Waals surface area contributed by atoms with Gasteiger partial charge in [-0.15, -0.1) is 0 Å². The monoisotopic (exact) mass is 304 g/mol. The summed E-state index contributed by atoms with van der Waals surface area (Å²) < 4.78 is 14.3. The molecule has 0 heterocycles. The molecule has 0 radical (unpaired) electrons. The van der Waals surface area contributed by atoms with Gasteiger partial charge < -0.3 is 14.2 Å². The van der Waals surface area contributed by atoms with Crippen LogP contribution in [0.1, 0.15) is 17.3 Å². The van der Waals surface area contributed by atoms with Crippen molar-refractivity contribution in [2.45, 2.75) is 6.92 Å². The summed E-state index contributed by atoms with van der Waals surface area (Å²) in [6.07, 6.45) is 2.18. The second-order valence-electron chi connectivity index (χ2n) is 4.16. The van der Waals surface area contributed by atoms with Crippen molar-refractivity contribution in [2.75, 3.05) is 13.2 Å². The molecule has 1 rings (SSSR count). The lowest BCUT2D eigenvalue weighted by Crippen LogP contribution is -2.19. The van der Waals surface area contributed by atoms with Crippen molar-refractivity contribution < 1.29 is 28.6 Å². The summed E-state index contributed by atoms with van der Waals surface area (Å²) in [4.78, 5) is 34.1. The van der Waals surface area contributed by atoms with E-state index in [4.69, 9.17) is 9.47 Å². The minimum Gasteiger partial charge on any atom is -0.494 e. The molecule has 6 heteroatoms. The summed E-state index contributed by atoms with van der Waals surface area (Å²) in [5, 5.41) is 0. The van der Waals surface area contributed by atoms with Gasteiger partial charge in [-0.1, -0.05) is 36.9 Å². The molecule has 0 saturated carbocycles. The highest BCUT2D eigenvalue weighted by atomic mass is 16.6. The van der Waals surface area contributed by atoms with Gasteiger partial charge in [0.25, 0.3) is 5.78 Å². The van der Waals surface area contributed by atoms with Crippen LogP contribution in [0.15, 0.2) is 55.0 Å². The Morgan fingerprint density at radius 1 is 1.05 bits per heavy atom. The fraction of sp³-hybridized carbons (Fsp3) is 0.188. The van der Waals surface area contributed by atoms with Crippen LogP contribution in [0.4, 0.5) is 0 Å². The number of carbonyl (C=O) groups excluding carboxylic acids is 3. The second-order valence-corrected chi connectivity index (χ2v) is 4.16. The number of hydrogen-bond donors (Lipinski definition) is 0. The van der Waals surface area contributed by atoms with Crippen molar-refractivity contribution in [1.82, 2.24) is 0 Å². The number of ketones is 1. The van der Waals surface area contributed by atoms with E-state index in [-0.39, 0.29) is 24.4 Å². The fourth-order valence-corrected chi connectivity index (χ4v) is 1.25. The lowest BCUT2D eigenvalue weighted by Gasteiger charge is -2.04. The first-order valence-electron chi connectivity index (χ1n) is 6.42. The van der Waals surface area contributed by atoms with E-state index in [9.17, 15) is 14.4 Å².